The Morgan fingerprint density at radius 3 is 2.07 bits per heavy atom. The van der Waals surface area contributed by atoms with Crippen LogP contribution in [0.1, 0.15) is 64.7 Å². The van der Waals surface area contributed by atoms with Gasteiger partial charge in [-0.15, -0.1) is 0 Å². The van der Waals surface area contributed by atoms with Gasteiger partial charge in [0.2, 0.25) is 0 Å². The largest absolute Gasteiger partial charge is 0.380 e. The summed E-state index contributed by atoms with van der Waals surface area (Å²) < 4.78 is 5.30. The van der Waals surface area contributed by atoms with Crippen LogP contribution in [-0.4, -0.2) is 13.2 Å². The van der Waals surface area contributed by atoms with Crippen molar-refractivity contribution in [3.8, 4) is 6.07 Å². The van der Waals surface area contributed by atoms with Crippen LogP contribution in [0.15, 0.2) is 0 Å². The number of ether oxygens (including phenoxy) is 1. The third-order valence-corrected chi connectivity index (χ3v) is 2.50. The summed E-state index contributed by atoms with van der Waals surface area (Å²) in [4.78, 5) is 0. The van der Waals surface area contributed by atoms with Crippen LogP contribution in [0, 0.1) is 11.3 Å². The normalized spacial score (nSPS) is 10.1. The second kappa shape index (κ2) is 13.4. The molecule has 88 valence electrons. The first kappa shape index (κ1) is 14.5. The van der Waals surface area contributed by atoms with Crippen molar-refractivity contribution in [1.29, 1.82) is 5.26 Å². The van der Waals surface area contributed by atoms with Gasteiger partial charge in [-0.2, -0.15) is 5.26 Å². The molecule has 0 heterocycles. The number of nitrogens with zero attached hydrogens (tertiary/aromatic N) is 1. The van der Waals surface area contributed by atoms with Crippen molar-refractivity contribution in [3.05, 3.63) is 0 Å². The van der Waals surface area contributed by atoms with Gasteiger partial charge in [0.25, 0.3) is 0 Å². The molecule has 0 unspecified atom stereocenters. The second-order valence-electron chi connectivity index (χ2n) is 4.00. The van der Waals surface area contributed by atoms with E-state index in [0.29, 0.717) is 13.0 Å². The van der Waals surface area contributed by atoms with Gasteiger partial charge in [-0.3, -0.25) is 0 Å². The summed E-state index contributed by atoms with van der Waals surface area (Å²) in [7, 11) is 0. The minimum atomic E-state index is 0.525. The lowest BCUT2D eigenvalue weighted by atomic mass is 10.1. The van der Waals surface area contributed by atoms with E-state index in [2.05, 4.69) is 13.0 Å². The van der Waals surface area contributed by atoms with Gasteiger partial charge in [0.15, 0.2) is 0 Å². The fourth-order valence-corrected chi connectivity index (χ4v) is 1.56. The third-order valence-electron chi connectivity index (χ3n) is 2.50. The van der Waals surface area contributed by atoms with E-state index < -0.39 is 0 Å². The molecular weight excluding hydrogens is 186 g/mol. The van der Waals surface area contributed by atoms with Crippen molar-refractivity contribution >= 4 is 0 Å². The Balaban J connectivity index is 2.84. The Kier molecular flexibility index (Phi) is 13.0. The van der Waals surface area contributed by atoms with Crippen LogP contribution in [-0.2, 0) is 4.74 Å². The lowest BCUT2D eigenvalue weighted by Gasteiger charge is -2.02. The number of rotatable bonds is 11. The highest BCUT2D eigenvalue weighted by Gasteiger charge is 1.92. The fourth-order valence-electron chi connectivity index (χ4n) is 1.56. The van der Waals surface area contributed by atoms with Gasteiger partial charge in [-0.1, -0.05) is 51.9 Å². The molecule has 0 fully saturated rings. The zero-order valence-electron chi connectivity index (χ0n) is 10.1. The minimum Gasteiger partial charge on any atom is -0.380 e. The maximum absolute atomic E-state index is 8.28. The van der Waals surface area contributed by atoms with Crippen molar-refractivity contribution < 1.29 is 4.74 Å². The molecule has 0 aromatic carbocycles. The Morgan fingerprint density at radius 2 is 1.47 bits per heavy atom. The molecule has 0 aliphatic rings. The lowest BCUT2D eigenvalue weighted by Crippen LogP contribution is -1.95. The van der Waals surface area contributed by atoms with Gasteiger partial charge < -0.3 is 4.74 Å². The Hall–Kier alpha value is -0.550. The van der Waals surface area contributed by atoms with Crippen LogP contribution in [0.25, 0.3) is 0 Å². The molecule has 2 nitrogen and oxygen atoms in total. The number of unbranched alkanes of at least 4 members (excludes halogenated alkanes) is 7. The average Bonchev–Trinajstić information content (AvgIpc) is 2.26. The van der Waals surface area contributed by atoms with Crippen LogP contribution in [0.3, 0.4) is 0 Å². The van der Waals surface area contributed by atoms with E-state index in [1.165, 1.54) is 44.9 Å². The molecule has 0 bridgehead atoms. The smallest absolute Gasteiger partial charge is 0.0645 e. The van der Waals surface area contributed by atoms with E-state index in [4.69, 9.17) is 10.00 Å². The number of nitriles is 1. The van der Waals surface area contributed by atoms with Gasteiger partial charge >= 0.3 is 0 Å². The molecule has 0 aromatic heterocycles. The first-order valence-electron chi connectivity index (χ1n) is 6.36. The summed E-state index contributed by atoms with van der Waals surface area (Å²) in [5, 5.41) is 8.28. The molecule has 0 spiro atoms. The maximum atomic E-state index is 8.28. The number of hydrogen-bond acceptors (Lipinski definition) is 2. The molecule has 0 N–H and O–H groups in total. The molecule has 0 amide bonds. The highest BCUT2D eigenvalue weighted by atomic mass is 16.5. The van der Waals surface area contributed by atoms with Gasteiger partial charge in [0, 0.05) is 6.61 Å². The van der Waals surface area contributed by atoms with Gasteiger partial charge in [-0.25, -0.2) is 0 Å². The average molecular weight is 211 g/mol. The van der Waals surface area contributed by atoms with Crippen molar-refractivity contribution in [2.75, 3.05) is 13.2 Å². The SMILES string of the molecule is CCCCCCCCCCOCCC#N. The number of hydrogen-bond donors (Lipinski definition) is 0. The summed E-state index contributed by atoms with van der Waals surface area (Å²) in [5.41, 5.74) is 0. The van der Waals surface area contributed by atoms with Crippen LogP contribution in [0.2, 0.25) is 0 Å². The third kappa shape index (κ3) is 13.4. The van der Waals surface area contributed by atoms with Gasteiger partial charge in [0.1, 0.15) is 0 Å². The van der Waals surface area contributed by atoms with Gasteiger partial charge in [0.05, 0.1) is 19.1 Å². The van der Waals surface area contributed by atoms with Crippen molar-refractivity contribution in [2.45, 2.75) is 64.7 Å². The van der Waals surface area contributed by atoms with E-state index in [1.807, 2.05) is 0 Å². The Labute approximate surface area is 94.6 Å². The summed E-state index contributed by atoms with van der Waals surface area (Å²) in [6, 6.07) is 2.07. The monoisotopic (exact) mass is 211 g/mol. The summed E-state index contributed by atoms with van der Waals surface area (Å²) in [5.74, 6) is 0. The quantitative estimate of drug-likeness (QED) is 0.483. The molecule has 2 heteroatoms. The van der Waals surface area contributed by atoms with Crippen LogP contribution >= 0.6 is 0 Å². The summed E-state index contributed by atoms with van der Waals surface area (Å²) >= 11 is 0. The lowest BCUT2D eigenvalue weighted by molar-refractivity contribution is 0.135. The Morgan fingerprint density at radius 1 is 0.867 bits per heavy atom. The molecule has 0 aliphatic heterocycles. The summed E-state index contributed by atoms with van der Waals surface area (Å²) in [6.45, 7) is 3.68. The first-order valence-corrected chi connectivity index (χ1v) is 6.36. The van der Waals surface area contributed by atoms with Gasteiger partial charge in [-0.05, 0) is 6.42 Å². The molecular formula is C13H25NO. The molecule has 0 aliphatic carbocycles. The molecule has 0 radical (unpaired) electrons. The van der Waals surface area contributed by atoms with E-state index in [9.17, 15) is 0 Å². The predicted molar refractivity (Wildman–Crippen MR) is 63.7 cm³/mol. The molecule has 0 atom stereocenters. The van der Waals surface area contributed by atoms with E-state index in [-0.39, 0.29) is 0 Å². The molecule has 0 saturated carbocycles. The molecule has 0 rings (SSSR count). The minimum absolute atomic E-state index is 0.525. The highest BCUT2D eigenvalue weighted by Crippen LogP contribution is 2.08. The standard InChI is InChI=1S/C13H25NO/c1-2-3-4-5-6-7-8-9-12-15-13-10-11-14/h2-10,12-13H2,1H3. The van der Waals surface area contributed by atoms with Crippen LogP contribution < -0.4 is 0 Å². The van der Waals surface area contributed by atoms with Crippen molar-refractivity contribution in [1.82, 2.24) is 0 Å². The molecule has 15 heavy (non-hydrogen) atoms. The van der Waals surface area contributed by atoms with E-state index >= 15 is 0 Å². The van der Waals surface area contributed by atoms with E-state index in [0.717, 1.165) is 13.0 Å². The van der Waals surface area contributed by atoms with E-state index in [1.54, 1.807) is 0 Å². The molecule has 0 aromatic rings. The fraction of sp³-hybridized carbons (Fsp3) is 0.923. The summed E-state index contributed by atoms with van der Waals surface area (Å²) in [6.07, 6.45) is 11.2. The maximum Gasteiger partial charge on any atom is 0.0645 e. The first-order chi connectivity index (χ1) is 7.41. The van der Waals surface area contributed by atoms with Crippen molar-refractivity contribution in [3.63, 3.8) is 0 Å². The second-order valence-corrected chi connectivity index (χ2v) is 4.00. The van der Waals surface area contributed by atoms with Crippen LogP contribution in [0.5, 0.6) is 0 Å². The topological polar surface area (TPSA) is 33.0 Å². The zero-order chi connectivity index (χ0) is 11.2. The molecule has 0 saturated heterocycles. The predicted octanol–water partition coefficient (Wildman–Crippen LogP) is 4.06. The van der Waals surface area contributed by atoms with Crippen LogP contribution in [0.4, 0.5) is 0 Å². The Bertz CT molecular complexity index is 151. The van der Waals surface area contributed by atoms with Crippen molar-refractivity contribution in [2.24, 2.45) is 0 Å². The highest BCUT2D eigenvalue weighted by molar-refractivity contribution is 4.66. The zero-order valence-corrected chi connectivity index (χ0v) is 10.1.